The highest BCUT2D eigenvalue weighted by Crippen LogP contribution is 2.47. The molecule has 1 amide bonds. The standard InChI is InChI=1S/C30H37N3O/c1-21-18-26-27(30(5,6)13-12-29(26,3)4)19-25(21)22(2)23-8-10-24(11-9-23)28(34)32-14-7-16-33-17-15-31-20-33/h8-11,15,17-20H,2,7,12-14,16H2,1,3-6H3,(H,32,34). The molecule has 3 aromatic rings. The van der Waals surface area contributed by atoms with E-state index in [2.05, 4.69) is 63.6 Å². The Morgan fingerprint density at radius 3 is 2.26 bits per heavy atom. The lowest BCUT2D eigenvalue weighted by Gasteiger charge is -2.42. The number of aryl methyl sites for hydroxylation is 2. The van der Waals surface area contributed by atoms with Crippen LogP contribution in [0.25, 0.3) is 5.57 Å². The molecule has 1 N–H and O–H groups in total. The van der Waals surface area contributed by atoms with Gasteiger partial charge < -0.3 is 9.88 Å². The lowest BCUT2D eigenvalue weighted by molar-refractivity contribution is 0.0952. The number of imidazole rings is 1. The van der Waals surface area contributed by atoms with Crippen LogP contribution in [0.3, 0.4) is 0 Å². The second-order valence-electron chi connectivity index (χ2n) is 10.9. The van der Waals surface area contributed by atoms with E-state index in [9.17, 15) is 4.79 Å². The number of hydrogen-bond acceptors (Lipinski definition) is 2. The molecule has 4 heteroatoms. The number of hydrogen-bond donors (Lipinski definition) is 1. The fourth-order valence-electron chi connectivity index (χ4n) is 5.01. The summed E-state index contributed by atoms with van der Waals surface area (Å²) in [6.45, 7) is 17.5. The lowest BCUT2D eigenvalue weighted by Crippen LogP contribution is -2.34. The van der Waals surface area contributed by atoms with Crippen LogP contribution in [0.5, 0.6) is 0 Å². The molecule has 0 bridgehead atoms. The average Bonchev–Trinajstić information content (AvgIpc) is 3.33. The number of nitrogens with zero attached hydrogens (tertiary/aromatic N) is 2. The van der Waals surface area contributed by atoms with Crippen molar-refractivity contribution in [2.24, 2.45) is 0 Å². The maximum atomic E-state index is 12.6. The third-order valence-electron chi connectivity index (χ3n) is 7.46. The lowest BCUT2D eigenvalue weighted by atomic mass is 9.62. The van der Waals surface area contributed by atoms with Gasteiger partial charge in [-0.1, -0.05) is 58.5 Å². The van der Waals surface area contributed by atoms with Crippen molar-refractivity contribution >= 4 is 11.5 Å². The molecule has 0 spiro atoms. The largest absolute Gasteiger partial charge is 0.352 e. The number of carbonyl (C=O) groups is 1. The van der Waals surface area contributed by atoms with Crippen molar-refractivity contribution in [1.82, 2.24) is 14.9 Å². The van der Waals surface area contributed by atoms with E-state index >= 15 is 0 Å². The van der Waals surface area contributed by atoms with Crippen molar-refractivity contribution in [3.8, 4) is 0 Å². The van der Waals surface area contributed by atoms with Gasteiger partial charge in [-0.3, -0.25) is 4.79 Å². The number of nitrogens with one attached hydrogen (secondary N) is 1. The summed E-state index contributed by atoms with van der Waals surface area (Å²) in [5, 5.41) is 3.01. The van der Waals surface area contributed by atoms with Crippen LogP contribution in [0.2, 0.25) is 0 Å². The second kappa shape index (κ2) is 9.25. The summed E-state index contributed by atoms with van der Waals surface area (Å²) < 4.78 is 2.01. The van der Waals surface area contributed by atoms with Gasteiger partial charge in [0, 0.05) is 31.0 Å². The van der Waals surface area contributed by atoms with Gasteiger partial charge in [0.2, 0.25) is 0 Å². The predicted molar refractivity (Wildman–Crippen MR) is 140 cm³/mol. The van der Waals surface area contributed by atoms with E-state index in [1.807, 2.05) is 35.0 Å². The third-order valence-corrected chi connectivity index (χ3v) is 7.46. The molecule has 1 aromatic heterocycles. The number of carbonyl (C=O) groups excluding carboxylic acids is 1. The SMILES string of the molecule is C=C(c1ccc(C(=O)NCCCn2ccnc2)cc1)c1cc2c(cc1C)C(C)(C)CCC2(C)C. The Morgan fingerprint density at radius 1 is 1.03 bits per heavy atom. The number of amides is 1. The van der Waals surface area contributed by atoms with Crippen molar-refractivity contribution < 1.29 is 4.79 Å². The summed E-state index contributed by atoms with van der Waals surface area (Å²) in [5.41, 5.74) is 8.45. The molecule has 1 aliphatic rings. The zero-order chi connectivity index (χ0) is 24.5. The molecule has 1 heterocycles. The monoisotopic (exact) mass is 455 g/mol. The summed E-state index contributed by atoms with van der Waals surface area (Å²) >= 11 is 0. The van der Waals surface area contributed by atoms with Crippen LogP contribution in [0.1, 0.15) is 85.1 Å². The molecule has 0 radical (unpaired) electrons. The number of benzene rings is 2. The highest BCUT2D eigenvalue weighted by Gasteiger charge is 2.37. The van der Waals surface area contributed by atoms with Crippen LogP contribution in [0.4, 0.5) is 0 Å². The molecule has 34 heavy (non-hydrogen) atoms. The molecule has 0 aliphatic heterocycles. The topological polar surface area (TPSA) is 46.9 Å². The molecule has 2 aromatic carbocycles. The van der Waals surface area contributed by atoms with Crippen LogP contribution >= 0.6 is 0 Å². The Morgan fingerprint density at radius 2 is 1.65 bits per heavy atom. The first-order valence-electron chi connectivity index (χ1n) is 12.3. The maximum Gasteiger partial charge on any atom is 0.251 e. The molecule has 1 aliphatic carbocycles. The van der Waals surface area contributed by atoms with E-state index in [1.54, 1.807) is 12.5 Å². The molecule has 0 unspecified atom stereocenters. The highest BCUT2D eigenvalue weighted by atomic mass is 16.1. The Hall–Kier alpha value is -3.14. The number of fused-ring (bicyclic) bond motifs is 1. The second-order valence-corrected chi connectivity index (χ2v) is 10.9. The van der Waals surface area contributed by atoms with Gasteiger partial charge in [-0.15, -0.1) is 0 Å². The normalized spacial score (nSPS) is 16.0. The predicted octanol–water partition coefficient (Wildman–Crippen LogP) is 6.42. The Balaban J connectivity index is 1.47. The molecule has 0 saturated carbocycles. The molecular weight excluding hydrogens is 418 g/mol. The summed E-state index contributed by atoms with van der Waals surface area (Å²) in [7, 11) is 0. The van der Waals surface area contributed by atoms with Crippen LogP contribution < -0.4 is 5.32 Å². The van der Waals surface area contributed by atoms with Crippen molar-refractivity contribution in [3.05, 3.63) is 95.1 Å². The summed E-state index contributed by atoms with van der Waals surface area (Å²) in [6.07, 6.45) is 8.75. The molecule has 0 fully saturated rings. The van der Waals surface area contributed by atoms with E-state index < -0.39 is 0 Å². The van der Waals surface area contributed by atoms with Gasteiger partial charge in [0.1, 0.15) is 0 Å². The van der Waals surface area contributed by atoms with E-state index in [4.69, 9.17) is 0 Å². The molecular formula is C30H37N3O. The van der Waals surface area contributed by atoms with Gasteiger partial charge in [0.25, 0.3) is 5.91 Å². The van der Waals surface area contributed by atoms with E-state index in [1.165, 1.54) is 35.1 Å². The van der Waals surface area contributed by atoms with Crippen LogP contribution in [0.15, 0.2) is 61.7 Å². The average molecular weight is 456 g/mol. The van der Waals surface area contributed by atoms with Crippen molar-refractivity contribution in [3.63, 3.8) is 0 Å². The summed E-state index contributed by atoms with van der Waals surface area (Å²) in [6, 6.07) is 12.6. The van der Waals surface area contributed by atoms with Gasteiger partial charge >= 0.3 is 0 Å². The molecule has 178 valence electrons. The summed E-state index contributed by atoms with van der Waals surface area (Å²) in [5.74, 6) is -0.0447. The molecule has 4 rings (SSSR count). The first-order chi connectivity index (χ1) is 16.1. The van der Waals surface area contributed by atoms with Gasteiger partial charge in [0.15, 0.2) is 0 Å². The minimum atomic E-state index is -0.0447. The van der Waals surface area contributed by atoms with Gasteiger partial charge in [0.05, 0.1) is 6.33 Å². The Bertz CT molecular complexity index is 1180. The van der Waals surface area contributed by atoms with Crippen molar-refractivity contribution in [1.29, 1.82) is 0 Å². The fourth-order valence-corrected chi connectivity index (χ4v) is 5.01. The number of rotatable bonds is 7. The maximum absolute atomic E-state index is 12.6. The summed E-state index contributed by atoms with van der Waals surface area (Å²) in [4.78, 5) is 16.6. The van der Waals surface area contributed by atoms with E-state index in [-0.39, 0.29) is 16.7 Å². The van der Waals surface area contributed by atoms with Gasteiger partial charge in [-0.25, -0.2) is 4.98 Å². The molecule has 0 atom stereocenters. The molecule has 4 nitrogen and oxygen atoms in total. The van der Waals surface area contributed by atoms with Gasteiger partial charge in [-0.05, 0) is 82.5 Å². The smallest absolute Gasteiger partial charge is 0.251 e. The van der Waals surface area contributed by atoms with Crippen LogP contribution in [-0.2, 0) is 17.4 Å². The van der Waals surface area contributed by atoms with Crippen LogP contribution in [0, 0.1) is 6.92 Å². The zero-order valence-electron chi connectivity index (χ0n) is 21.2. The van der Waals surface area contributed by atoms with Gasteiger partial charge in [-0.2, -0.15) is 0 Å². The minimum absolute atomic E-state index is 0.0447. The zero-order valence-corrected chi connectivity index (χ0v) is 21.2. The van der Waals surface area contributed by atoms with E-state index in [0.29, 0.717) is 12.1 Å². The highest BCUT2D eigenvalue weighted by molar-refractivity contribution is 5.94. The molecule has 0 saturated heterocycles. The van der Waals surface area contributed by atoms with Crippen molar-refractivity contribution in [2.45, 2.75) is 71.3 Å². The van der Waals surface area contributed by atoms with E-state index in [0.717, 1.165) is 24.1 Å². The first-order valence-corrected chi connectivity index (χ1v) is 12.3. The Labute approximate surface area is 204 Å². The van der Waals surface area contributed by atoms with Crippen LogP contribution in [-0.4, -0.2) is 22.0 Å². The quantitative estimate of drug-likeness (QED) is 0.418. The third kappa shape index (κ3) is 4.86. The fraction of sp³-hybridized carbons (Fsp3) is 0.400. The Kier molecular flexibility index (Phi) is 6.53. The number of aromatic nitrogens is 2. The minimum Gasteiger partial charge on any atom is -0.352 e. The van der Waals surface area contributed by atoms with Crippen molar-refractivity contribution in [2.75, 3.05) is 6.54 Å². The first kappa shape index (κ1) is 24.0.